The zero-order chi connectivity index (χ0) is 23.1. The van der Waals surface area contributed by atoms with Crippen molar-refractivity contribution in [3.8, 4) is 5.75 Å². The van der Waals surface area contributed by atoms with Crippen molar-refractivity contribution in [2.45, 2.75) is 17.4 Å². The molecule has 0 saturated carbocycles. The second-order valence-corrected chi connectivity index (χ2v) is 8.89. The highest BCUT2D eigenvalue weighted by Crippen LogP contribution is 2.34. The number of nitrogens with one attached hydrogen (secondary N) is 5. The van der Waals surface area contributed by atoms with Crippen LogP contribution in [0.4, 0.5) is 4.79 Å². The Bertz CT molecular complexity index is 1370. The lowest BCUT2D eigenvalue weighted by atomic mass is 9.91. The SMILES string of the molecule is COc1ccc(S(=O)(=O)NNC(=O)c2c[nH]c3ccccc23)cc1C1(C)NC(=O)NC1=O. The highest BCUT2D eigenvalue weighted by atomic mass is 32.2. The summed E-state index contributed by atoms with van der Waals surface area (Å²) in [5.41, 5.74) is 1.76. The Balaban J connectivity index is 1.61. The van der Waals surface area contributed by atoms with Crippen molar-refractivity contribution in [3.63, 3.8) is 0 Å². The van der Waals surface area contributed by atoms with E-state index < -0.39 is 33.4 Å². The van der Waals surface area contributed by atoms with Crippen LogP contribution in [-0.2, 0) is 20.4 Å². The quantitative estimate of drug-likeness (QED) is 0.273. The number of carbonyl (C=O) groups excluding carboxylic acids is 3. The summed E-state index contributed by atoms with van der Waals surface area (Å²) in [5, 5.41) is 5.21. The number of para-hydroxylation sites is 1. The molecule has 0 bridgehead atoms. The van der Waals surface area contributed by atoms with Crippen LogP contribution in [0.15, 0.2) is 53.6 Å². The highest BCUT2D eigenvalue weighted by molar-refractivity contribution is 7.89. The Kier molecular flexibility index (Phi) is 5.11. The third-order valence-electron chi connectivity index (χ3n) is 5.20. The number of benzene rings is 2. The molecule has 166 valence electrons. The molecular formula is C20H19N5O6S. The van der Waals surface area contributed by atoms with Crippen LogP contribution >= 0.6 is 0 Å². The number of sulfonamides is 1. The molecule has 0 spiro atoms. The molecule has 0 radical (unpaired) electrons. The number of imide groups is 1. The van der Waals surface area contributed by atoms with Gasteiger partial charge in [0.1, 0.15) is 11.3 Å². The molecule has 4 amide bonds. The van der Waals surface area contributed by atoms with Gasteiger partial charge in [0, 0.05) is 22.7 Å². The minimum Gasteiger partial charge on any atom is -0.496 e. The van der Waals surface area contributed by atoms with Crippen molar-refractivity contribution in [1.29, 1.82) is 0 Å². The van der Waals surface area contributed by atoms with E-state index in [1.54, 1.807) is 24.3 Å². The van der Waals surface area contributed by atoms with Crippen molar-refractivity contribution in [2.75, 3.05) is 7.11 Å². The van der Waals surface area contributed by atoms with E-state index in [9.17, 15) is 22.8 Å². The summed E-state index contributed by atoms with van der Waals surface area (Å²) in [5.74, 6) is -1.11. The van der Waals surface area contributed by atoms with Gasteiger partial charge in [-0.1, -0.05) is 18.2 Å². The summed E-state index contributed by atoms with van der Waals surface area (Å²) >= 11 is 0. The Morgan fingerprint density at radius 2 is 1.88 bits per heavy atom. The molecule has 11 nitrogen and oxygen atoms in total. The predicted molar refractivity (Wildman–Crippen MR) is 113 cm³/mol. The van der Waals surface area contributed by atoms with Gasteiger partial charge in [0.25, 0.3) is 21.8 Å². The van der Waals surface area contributed by atoms with Crippen molar-refractivity contribution in [3.05, 3.63) is 59.8 Å². The van der Waals surface area contributed by atoms with E-state index in [0.717, 1.165) is 5.52 Å². The number of hydrazine groups is 1. The average molecular weight is 457 g/mol. The number of aromatic amines is 1. The number of ether oxygens (including phenoxy) is 1. The van der Waals surface area contributed by atoms with Gasteiger partial charge in [-0.05, 0) is 31.2 Å². The first-order valence-electron chi connectivity index (χ1n) is 9.36. The molecule has 5 N–H and O–H groups in total. The van der Waals surface area contributed by atoms with E-state index in [0.29, 0.717) is 5.39 Å². The van der Waals surface area contributed by atoms with E-state index in [-0.39, 0.29) is 21.8 Å². The van der Waals surface area contributed by atoms with Crippen LogP contribution in [-0.4, -0.2) is 38.4 Å². The molecule has 32 heavy (non-hydrogen) atoms. The van der Waals surface area contributed by atoms with E-state index in [1.165, 1.54) is 38.4 Å². The predicted octanol–water partition coefficient (Wildman–Crippen LogP) is 0.854. The van der Waals surface area contributed by atoms with E-state index in [4.69, 9.17) is 4.74 Å². The zero-order valence-electron chi connectivity index (χ0n) is 17.0. The Morgan fingerprint density at radius 1 is 1.12 bits per heavy atom. The van der Waals surface area contributed by atoms with E-state index in [2.05, 4.69) is 21.0 Å². The standard InChI is InChI=1S/C20H19N5O6S/c1-20(18(27)22-19(28)23-20)14-9-11(7-8-16(14)31-2)32(29,30)25-24-17(26)13-10-21-15-6-4-3-5-12(13)15/h3-10,21,25H,1-2H3,(H,24,26)(H2,22,23,27,28). The molecule has 1 aromatic heterocycles. The number of H-pyrrole nitrogens is 1. The number of aromatic nitrogens is 1. The number of urea groups is 1. The Labute approximate surface area is 182 Å². The number of methoxy groups -OCH3 is 1. The molecule has 1 aliphatic heterocycles. The smallest absolute Gasteiger partial charge is 0.322 e. The van der Waals surface area contributed by atoms with Crippen LogP contribution in [0.5, 0.6) is 5.75 Å². The fraction of sp³-hybridized carbons (Fsp3) is 0.150. The van der Waals surface area contributed by atoms with Gasteiger partial charge >= 0.3 is 6.03 Å². The molecule has 3 aromatic rings. The zero-order valence-corrected chi connectivity index (χ0v) is 17.8. The fourth-order valence-corrected chi connectivity index (χ4v) is 4.34. The number of rotatable bonds is 6. The average Bonchev–Trinajstić information content (AvgIpc) is 3.32. The minimum atomic E-state index is -4.23. The number of carbonyl (C=O) groups is 3. The summed E-state index contributed by atoms with van der Waals surface area (Å²) in [7, 11) is -2.87. The maximum Gasteiger partial charge on any atom is 0.322 e. The van der Waals surface area contributed by atoms with Gasteiger partial charge in [-0.2, -0.15) is 0 Å². The molecule has 2 heterocycles. The second kappa shape index (κ2) is 7.66. The second-order valence-electron chi connectivity index (χ2n) is 7.20. The maximum atomic E-state index is 12.8. The molecule has 12 heteroatoms. The van der Waals surface area contributed by atoms with Crippen LogP contribution in [0, 0.1) is 0 Å². The number of hydrogen-bond donors (Lipinski definition) is 5. The molecule has 1 unspecified atom stereocenters. The molecule has 1 saturated heterocycles. The van der Waals surface area contributed by atoms with Gasteiger partial charge in [-0.25, -0.2) is 13.2 Å². The van der Waals surface area contributed by atoms with E-state index >= 15 is 0 Å². The molecular weight excluding hydrogens is 438 g/mol. The number of hydrogen-bond acceptors (Lipinski definition) is 6. The lowest BCUT2D eigenvalue weighted by Crippen LogP contribution is -2.42. The lowest BCUT2D eigenvalue weighted by molar-refractivity contribution is -0.123. The summed E-state index contributed by atoms with van der Waals surface area (Å²) < 4.78 is 30.9. The molecule has 2 aromatic carbocycles. The summed E-state index contributed by atoms with van der Waals surface area (Å²) in [4.78, 5) is 41.2. The molecule has 1 fully saturated rings. The number of fused-ring (bicyclic) bond motifs is 1. The molecule has 1 atom stereocenters. The summed E-state index contributed by atoms with van der Waals surface area (Å²) in [6.45, 7) is 1.42. The largest absolute Gasteiger partial charge is 0.496 e. The molecule has 0 aliphatic carbocycles. The first-order chi connectivity index (χ1) is 15.2. The van der Waals surface area contributed by atoms with Crippen LogP contribution in [0.1, 0.15) is 22.8 Å². The monoisotopic (exact) mass is 457 g/mol. The minimum absolute atomic E-state index is 0.134. The first-order valence-corrected chi connectivity index (χ1v) is 10.8. The maximum absolute atomic E-state index is 12.8. The van der Waals surface area contributed by atoms with Crippen LogP contribution in [0.3, 0.4) is 0 Å². The van der Waals surface area contributed by atoms with Gasteiger partial charge < -0.3 is 15.0 Å². The summed E-state index contributed by atoms with van der Waals surface area (Å²) in [6, 6.07) is 10.2. The Hall–Kier alpha value is -3.90. The van der Waals surface area contributed by atoms with Crippen molar-refractivity contribution < 1.29 is 27.5 Å². The van der Waals surface area contributed by atoms with Crippen LogP contribution < -0.4 is 25.6 Å². The van der Waals surface area contributed by atoms with Crippen molar-refractivity contribution in [2.24, 2.45) is 0 Å². The summed E-state index contributed by atoms with van der Waals surface area (Å²) in [6.07, 6.45) is 1.47. The first kappa shape index (κ1) is 21.3. The molecule has 4 rings (SSSR count). The fourth-order valence-electron chi connectivity index (χ4n) is 3.48. The third-order valence-corrected chi connectivity index (χ3v) is 6.44. The van der Waals surface area contributed by atoms with E-state index in [1.807, 2.05) is 4.83 Å². The van der Waals surface area contributed by atoms with Gasteiger partial charge in [0.2, 0.25) is 0 Å². The van der Waals surface area contributed by atoms with Gasteiger partial charge in [-0.3, -0.25) is 20.3 Å². The highest BCUT2D eigenvalue weighted by Gasteiger charge is 2.45. The van der Waals surface area contributed by atoms with Crippen molar-refractivity contribution in [1.82, 2.24) is 25.9 Å². The van der Waals surface area contributed by atoms with Crippen molar-refractivity contribution >= 4 is 38.8 Å². The van der Waals surface area contributed by atoms with Gasteiger partial charge in [0.15, 0.2) is 0 Å². The van der Waals surface area contributed by atoms with Gasteiger partial charge in [-0.15, -0.1) is 4.83 Å². The lowest BCUT2D eigenvalue weighted by Gasteiger charge is -2.24. The van der Waals surface area contributed by atoms with Gasteiger partial charge in [0.05, 0.1) is 17.6 Å². The normalized spacial score (nSPS) is 18.3. The van der Waals surface area contributed by atoms with Crippen LogP contribution in [0.2, 0.25) is 0 Å². The number of amides is 4. The van der Waals surface area contributed by atoms with Crippen LogP contribution in [0.25, 0.3) is 10.9 Å². The third kappa shape index (κ3) is 3.55. The molecule has 1 aliphatic rings. The Morgan fingerprint density at radius 3 is 2.56 bits per heavy atom. The topological polar surface area (TPSA) is 158 Å².